The summed E-state index contributed by atoms with van der Waals surface area (Å²) in [4.78, 5) is 3.49. The lowest BCUT2D eigenvalue weighted by atomic mass is 10.2. The Morgan fingerprint density at radius 1 is 1.19 bits per heavy atom. The van der Waals surface area contributed by atoms with E-state index >= 15 is 0 Å². The summed E-state index contributed by atoms with van der Waals surface area (Å²) in [5.74, 6) is 0. The van der Waals surface area contributed by atoms with Gasteiger partial charge in [-0.25, -0.2) is 0 Å². The normalized spacial score (nSPS) is 12.9. The average Bonchev–Trinajstić information content (AvgIpc) is 2.87. The van der Waals surface area contributed by atoms with Crippen LogP contribution in [0.15, 0.2) is 24.3 Å². The third kappa shape index (κ3) is 2.86. The van der Waals surface area contributed by atoms with Crippen molar-refractivity contribution in [2.24, 2.45) is 0 Å². The molecule has 0 saturated carbocycles. The van der Waals surface area contributed by atoms with Crippen LogP contribution < -0.4 is 0 Å². The maximum absolute atomic E-state index is 10.1. The molecule has 1 unspecified atom stereocenters. The predicted octanol–water partition coefficient (Wildman–Crippen LogP) is 4.30. The summed E-state index contributed by atoms with van der Waals surface area (Å²) in [5.41, 5.74) is 0. The van der Waals surface area contributed by atoms with Gasteiger partial charge in [0.05, 0.1) is 10.4 Å². The molecular weight excluding hydrogens is 260 g/mol. The molecule has 0 spiro atoms. The lowest BCUT2D eigenvalue weighted by molar-refractivity contribution is 0.183. The summed E-state index contributed by atoms with van der Waals surface area (Å²) in [7, 11) is 0. The second-order valence-electron chi connectivity index (χ2n) is 3.58. The van der Waals surface area contributed by atoms with Gasteiger partial charge in [0.2, 0.25) is 0 Å². The molecule has 0 bridgehead atoms. The molecule has 0 aliphatic rings. The van der Waals surface area contributed by atoms with Gasteiger partial charge in [-0.15, -0.1) is 22.7 Å². The molecule has 16 heavy (non-hydrogen) atoms. The van der Waals surface area contributed by atoms with Gasteiger partial charge in [0.15, 0.2) is 0 Å². The van der Waals surface area contributed by atoms with Crippen molar-refractivity contribution in [1.82, 2.24) is 0 Å². The molecule has 86 valence electrons. The molecule has 0 aliphatic heterocycles. The van der Waals surface area contributed by atoms with Crippen molar-refractivity contribution in [3.8, 4) is 0 Å². The van der Waals surface area contributed by atoms with Crippen molar-refractivity contribution in [3.05, 3.63) is 43.2 Å². The standard InChI is InChI=1S/C12H13ClOS2/c1-2-8-3-5-11(15-8)10(14)7-9-4-6-12(13)16-9/h3-6,10,14H,2,7H2,1H3. The molecule has 0 aliphatic carbocycles. The van der Waals surface area contributed by atoms with E-state index < -0.39 is 6.10 Å². The van der Waals surface area contributed by atoms with Gasteiger partial charge in [0, 0.05) is 21.1 Å². The van der Waals surface area contributed by atoms with Crippen molar-refractivity contribution < 1.29 is 5.11 Å². The van der Waals surface area contributed by atoms with Crippen LogP contribution in [-0.4, -0.2) is 5.11 Å². The molecule has 2 heterocycles. The lowest BCUT2D eigenvalue weighted by Crippen LogP contribution is -1.97. The van der Waals surface area contributed by atoms with E-state index in [-0.39, 0.29) is 0 Å². The second-order valence-corrected chi connectivity index (χ2v) is 6.58. The van der Waals surface area contributed by atoms with Crippen LogP contribution in [-0.2, 0) is 12.8 Å². The van der Waals surface area contributed by atoms with Crippen LogP contribution in [0.25, 0.3) is 0 Å². The molecule has 1 nitrogen and oxygen atoms in total. The molecular formula is C12H13ClOS2. The smallest absolute Gasteiger partial charge is 0.0931 e. The van der Waals surface area contributed by atoms with Crippen LogP contribution in [0, 0.1) is 0 Å². The number of aryl methyl sites for hydroxylation is 1. The van der Waals surface area contributed by atoms with Crippen molar-refractivity contribution >= 4 is 34.3 Å². The van der Waals surface area contributed by atoms with Crippen LogP contribution >= 0.6 is 34.3 Å². The molecule has 0 aromatic carbocycles. The van der Waals surface area contributed by atoms with Crippen LogP contribution in [0.5, 0.6) is 0 Å². The Bertz CT molecular complexity index is 461. The number of thiophene rings is 2. The quantitative estimate of drug-likeness (QED) is 0.880. The predicted molar refractivity (Wildman–Crippen MR) is 71.7 cm³/mol. The molecule has 1 atom stereocenters. The summed E-state index contributed by atoms with van der Waals surface area (Å²) in [6.45, 7) is 2.13. The Morgan fingerprint density at radius 3 is 2.50 bits per heavy atom. The van der Waals surface area contributed by atoms with E-state index in [0.29, 0.717) is 6.42 Å². The Balaban J connectivity index is 2.05. The second kappa shape index (κ2) is 5.32. The van der Waals surface area contributed by atoms with E-state index in [1.165, 1.54) is 16.2 Å². The molecule has 2 aromatic rings. The van der Waals surface area contributed by atoms with Gasteiger partial charge in [0.1, 0.15) is 0 Å². The number of aliphatic hydroxyl groups excluding tert-OH is 1. The van der Waals surface area contributed by atoms with E-state index in [1.54, 1.807) is 11.3 Å². The number of hydrogen-bond acceptors (Lipinski definition) is 3. The minimum Gasteiger partial charge on any atom is -0.387 e. The minimum absolute atomic E-state index is 0.403. The highest BCUT2D eigenvalue weighted by Gasteiger charge is 2.12. The molecule has 0 saturated heterocycles. The zero-order valence-corrected chi connectivity index (χ0v) is 11.3. The minimum atomic E-state index is -0.403. The van der Waals surface area contributed by atoms with Crippen molar-refractivity contribution in [3.63, 3.8) is 0 Å². The highest BCUT2D eigenvalue weighted by atomic mass is 35.5. The third-order valence-corrected chi connectivity index (χ3v) is 4.97. The largest absolute Gasteiger partial charge is 0.387 e. The first-order valence-corrected chi connectivity index (χ1v) is 7.21. The molecule has 0 amide bonds. The zero-order valence-electron chi connectivity index (χ0n) is 8.94. The van der Waals surface area contributed by atoms with Gasteiger partial charge in [-0.1, -0.05) is 18.5 Å². The lowest BCUT2D eigenvalue weighted by Gasteiger charge is -2.05. The molecule has 4 heteroatoms. The SMILES string of the molecule is CCc1ccc(C(O)Cc2ccc(Cl)s2)s1. The fourth-order valence-electron chi connectivity index (χ4n) is 1.52. The van der Waals surface area contributed by atoms with Crippen LogP contribution in [0.4, 0.5) is 0 Å². The number of aliphatic hydroxyl groups is 1. The fraction of sp³-hybridized carbons (Fsp3) is 0.333. The van der Waals surface area contributed by atoms with Crippen LogP contribution in [0.3, 0.4) is 0 Å². The van der Waals surface area contributed by atoms with Gasteiger partial charge >= 0.3 is 0 Å². The first kappa shape index (κ1) is 12.1. The maximum Gasteiger partial charge on any atom is 0.0931 e. The van der Waals surface area contributed by atoms with Gasteiger partial charge in [0.25, 0.3) is 0 Å². The third-order valence-electron chi connectivity index (χ3n) is 2.38. The summed E-state index contributed by atoms with van der Waals surface area (Å²) in [6.07, 6.45) is 1.28. The van der Waals surface area contributed by atoms with Gasteiger partial charge in [-0.05, 0) is 30.7 Å². The van der Waals surface area contributed by atoms with E-state index in [4.69, 9.17) is 11.6 Å². The monoisotopic (exact) mass is 272 g/mol. The first-order valence-electron chi connectivity index (χ1n) is 5.20. The Kier molecular flexibility index (Phi) is 4.03. The summed E-state index contributed by atoms with van der Waals surface area (Å²) >= 11 is 9.08. The number of halogens is 1. The Labute approximate surface area is 108 Å². The van der Waals surface area contributed by atoms with E-state index in [9.17, 15) is 5.11 Å². The number of rotatable bonds is 4. The van der Waals surface area contributed by atoms with E-state index in [0.717, 1.165) is 20.5 Å². The van der Waals surface area contributed by atoms with Crippen molar-refractivity contribution in [2.75, 3.05) is 0 Å². The Morgan fingerprint density at radius 2 is 1.94 bits per heavy atom. The zero-order chi connectivity index (χ0) is 11.5. The van der Waals surface area contributed by atoms with Crippen molar-refractivity contribution in [2.45, 2.75) is 25.9 Å². The summed E-state index contributed by atoms with van der Waals surface area (Å²) in [6, 6.07) is 7.96. The van der Waals surface area contributed by atoms with Crippen LogP contribution in [0.1, 0.15) is 27.7 Å². The van der Waals surface area contributed by atoms with Gasteiger partial charge < -0.3 is 5.11 Å². The highest BCUT2D eigenvalue weighted by Crippen LogP contribution is 2.29. The fourth-order valence-corrected chi connectivity index (χ4v) is 3.58. The molecule has 2 aromatic heterocycles. The average molecular weight is 273 g/mol. The van der Waals surface area contributed by atoms with Crippen LogP contribution in [0.2, 0.25) is 4.34 Å². The highest BCUT2D eigenvalue weighted by molar-refractivity contribution is 7.16. The topological polar surface area (TPSA) is 20.2 Å². The maximum atomic E-state index is 10.1. The Hall–Kier alpha value is -0.350. The number of hydrogen-bond donors (Lipinski definition) is 1. The first-order chi connectivity index (χ1) is 7.69. The molecule has 2 rings (SSSR count). The van der Waals surface area contributed by atoms with E-state index in [1.807, 2.05) is 18.2 Å². The summed E-state index contributed by atoms with van der Waals surface area (Å²) < 4.78 is 0.780. The van der Waals surface area contributed by atoms with Gasteiger partial charge in [-0.2, -0.15) is 0 Å². The van der Waals surface area contributed by atoms with Gasteiger partial charge in [-0.3, -0.25) is 0 Å². The summed E-state index contributed by atoms with van der Waals surface area (Å²) in [5, 5.41) is 10.1. The molecule has 0 radical (unpaired) electrons. The molecule has 0 fully saturated rings. The molecule has 1 N–H and O–H groups in total. The van der Waals surface area contributed by atoms with Crippen molar-refractivity contribution in [1.29, 1.82) is 0 Å². The van der Waals surface area contributed by atoms with E-state index in [2.05, 4.69) is 13.0 Å².